The van der Waals surface area contributed by atoms with Gasteiger partial charge >= 0.3 is 5.97 Å². The molecule has 0 unspecified atom stereocenters. The number of ether oxygens (including phenoxy) is 1. The summed E-state index contributed by atoms with van der Waals surface area (Å²) in [7, 11) is 1.51. The van der Waals surface area contributed by atoms with Crippen molar-refractivity contribution in [1.29, 1.82) is 0 Å². The first-order valence-electron chi connectivity index (χ1n) is 18.7. The predicted molar refractivity (Wildman–Crippen MR) is 183 cm³/mol. The van der Waals surface area contributed by atoms with E-state index in [1.165, 1.54) is 12.7 Å². The molecule has 8 atom stereocenters. The highest BCUT2D eigenvalue weighted by atomic mass is 16.5. The Bertz CT molecular complexity index is 1520. The lowest BCUT2D eigenvalue weighted by Gasteiger charge is -2.69. The first-order valence-corrected chi connectivity index (χ1v) is 18.7. The number of carbonyl (C=O) groups excluding carboxylic acids is 3. The summed E-state index contributed by atoms with van der Waals surface area (Å²) in [5.74, 6) is 1.27. The quantitative estimate of drug-likeness (QED) is 0.342. The molecule has 0 bridgehead atoms. The van der Waals surface area contributed by atoms with Crippen LogP contribution in [0.5, 0.6) is 0 Å². The van der Waals surface area contributed by atoms with Gasteiger partial charge in [0.25, 0.3) is 0 Å². The van der Waals surface area contributed by atoms with Crippen LogP contribution in [0.2, 0.25) is 0 Å². The van der Waals surface area contributed by atoms with E-state index in [4.69, 9.17) is 9.84 Å². The van der Waals surface area contributed by atoms with E-state index in [1.807, 2.05) is 6.20 Å². The molecule has 1 aliphatic heterocycles. The average molecular weight is 646 g/mol. The van der Waals surface area contributed by atoms with Gasteiger partial charge in [0.15, 0.2) is 5.78 Å². The molecule has 2 heterocycles. The van der Waals surface area contributed by atoms with Gasteiger partial charge < -0.3 is 10.1 Å². The van der Waals surface area contributed by atoms with E-state index < -0.39 is 5.41 Å². The molecule has 6 aliphatic rings. The summed E-state index contributed by atoms with van der Waals surface area (Å²) < 4.78 is 6.97. The Balaban J connectivity index is 1.23. The van der Waals surface area contributed by atoms with Crippen molar-refractivity contribution in [1.82, 2.24) is 15.1 Å². The van der Waals surface area contributed by atoms with Crippen molar-refractivity contribution in [2.24, 2.45) is 50.7 Å². The zero-order valence-corrected chi connectivity index (χ0v) is 30.4. The first-order chi connectivity index (χ1) is 22.0. The standard InChI is InChI=1S/C40H59N3O4/c1-35(2)30-11-14-40(7)32(38(30,5)22-26-24-43(42-33(26)35)31(45)10-9-25-12-19-41-20-13-25)29(44)21-27-28-23-37(4,34(46)47-8)16-15-36(28,3)17-18-39(27,40)6/h21,24-25,28,30,32,41H,9-20,22-23H2,1-8H3/t28-,30+,32-,36-,37+,38+,39-,40-/m1/s1. The van der Waals surface area contributed by atoms with E-state index >= 15 is 0 Å². The van der Waals surface area contributed by atoms with E-state index in [1.54, 1.807) is 4.68 Å². The lowest BCUT2D eigenvalue weighted by molar-refractivity contribution is -0.174. The number of nitrogens with one attached hydrogen (secondary N) is 1. The summed E-state index contributed by atoms with van der Waals surface area (Å²) in [6.07, 6.45) is 15.5. The van der Waals surface area contributed by atoms with E-state index in [-0.39, 0.29) is 56.6 Å². The van der Waals surface area contributed by atoms with Crippen molar-refractivity contribution in [3.63, 3.8) is 0 Å². The summed E-state index contributed by atoms with van der Waals surface area (Å²) >= 11 is 0. The van der Waals surface area contributed by atoms with E-state index in [0.29, 0.717) is 18.3 Å². The van der Waals surface area contributed by atoms with E-state index in [9.17, 15) is 14.4 Å². The second-order valence-electron chi connectivity index (χ2n) is 18.7. The van der Waals surface area contributed by atoms with Gasteiger partial charge in [0.05, 0.1) is 18.2 Å². The molecular formula is C40H59N3O4. The lowest BCUT2D eigenvalue weighted by Crippen LogP contribution is -2.66. The van der Waals surface area contributed by atoms with Crippen LogP contribution in [0.3, 0.4) is 0 Å². The minimum atomic E-state index is -0.516. The van der Waals surface area contributed by atoms with Crippen LogP contribution in [0.25, 0.3) is 0 Å². The fraction of sp³-hybridized carbons (Fsp3) is 0.800. The van der Waals surface area contributed by atoms with Gasteiger partial charge in [-0.1, -0.05) is 47.1 Å². The number of rotatable bonds is 4. The molecule has 5 aliphatic carbocycles. The molecule has 1 aromatic heterocycles. The molecule has 4 fully saturated rings. The molecule has 3 saturated carbocycles. The molecule has 47 heavy (non-hydrogen) atoms. The number of hydrogen-bond donors (Lipinski definition) is 1. The minimum absolute atomic E-state index is 0.0946. The Labute approximate surface area is 282 Å². The Kier molecular flexibility index (Phi) is 7.68. The van der Waals surface area contributed by atoms with Crippen LogP contribution in [-0.2, 0) is 26.2 Å². The normalized spacial score (nSPS) is 42.6. The number of aromatic nitrogens is 2. The molecule has 1 saturated heterocycles. The van der Waals surface area contributed by atoms with Crippen LogP contribution in [-0.4, -0.2) is 47.6 Å². The zero-order valence-electron chi connectivity index (χ0n) is 30.4. The van der Waals surface area contributed by atoms with Crippen molar-refractivity contribution < 1.29 is 19.1 Å². The summed E-state index contributed by atoms with van der Waals surface area (Å²) in [5, 5.41) is 8.44. The van der Waals surface area contributed by atoms with Crippen molar-refractivity contribution in [2.45, 2.75) is 131 Å². The molecule has 7 nitrogen and oxygen atoms in total. The SMILES string of the molecule is COC(=O)[C@@]1(C)CC[C@]2(C)CC[C@]3(C)C(=CC(=O)[C@@H]4[C@@]5(C)Cc6cn(C(=O)CCC7CCNCC7)nc6C(C)(C)[C@@H]5CC[C@]43C)[C@H]2C1. The minimum Gasteiger partial charge on any atom is -0.469 e. The van der Waals surface area contributed by atoms with Gasteiger partial charge in [0.1, 0.15) is 0 Å². The number of nitrogens with zero attached hydrogens (tertiary/aromatic N) is 2. The van der Waals surface area contributed by atoms with Crippen LogP contribution in [0.15, 0.2) is 17.8 Å². The van der Waals surface area contributed by atoms with E-state index in [0.717, 1.165) is 95.0 Å². The van der Waals surface area contributed by atoms with Crippen LogP contribution >= 0.6 is 0 Å². The highest BCUT2D eigenvalue weighted by molar-refractivity contribution is 5.96. The van der Waals surface area contributed by atoms with Crippen molar-refractivity contribution >= 4 is 17.7 Å². The molecular weight excluding hydrogens is 586 g/mol. The second-order valence-corrected chi connectivity index (χ2v) is 18.7. The average Bonchev–Trinajstić information content (AvgIpc) is 3.46. The van der Waals surface area contributed by atoms with Gasteiger partial charge in [0, 0.05) is 24.0 Å². The van der Waals surface area contributed by atoms with Crippen LogP contribution in [0.4, 0.5) is 0 Å². The first kappa shape index (κ1) is 33.2. The van der Waals surface area contributed by atoms with Crippen molar-refractivity contribution in [2.75, 3.05) is 20.2 Å². The molecule has 7 rings (SSSR count). The van der Waals surface area contributed by atoms with Crippen LogP contribution in [0.1, 0.15) is 135 Å². The highest BCUT2D eigenvalue weighted by Crippen LogP contribution is 2.74. The van der Waals surface area contributed by atoms with Gasteiger partial charge in [-0.2, -0.15) is 5.10 Å². The molecule has 0 spiro atoms. The fourth-order valence-corrected chi connectivity index (χ4v) is 12.8. The Morgan fingerprint density at radius 2 is 1.68 bits per heavy atom. The number of piperidine rings is 1. The number of allylic oxidation sites excluding steroid dienone is 2. The lowest BCUT2D eigenvalue weighted by atomic mass is 9.33. The smallest absolute Gasteiger partial charge is 0.311 e. The predicted octanol–water partition coefficient (Wildman–Crippen LogP) is 7.47. The number of ketones is 1. The third kappa shape index (κ3) is 4.66. The maximum atomic E-state index is 14.8. The number of carbonyl (C=O) groups is 3. The maximum absolute atomic E-state index is 14.8. The van der Waals surface area contributed by atoms with Gasteiger partial charge in [-0.15, -0.1) is 0 Å². The Morgan fingerprint density at radius 3 is 2.38 bits per heavy atom. The molecule has 1 aromatic rings. The van der Waals surface area contributed by atoms with Crippen LogP contribution < -0.4 is 5.32 Å². The molecule has 0 aromatic carbocycles. The number of fused-ring (bicyclic) bond motifs is 8. The second kappa shape index (κ2) is 10.9. The summed E-state index contributed by atoms with van der Waals surface area (Å²) in [5.41, 5.74) is 2.32. The molecule has 258 valence electrons. The fourth-order valence-electron chi connectivity index (χ4n) is 12.8. The Morgan fingerprint density at radius 1 is 0.979 bits per heavy atom. The van der Waals surface area contributed by atoms with E-state index in [2.05, 4.69) is 59.9 Å². The number of hydrogen-bond acceptors (Lipinski definition) is 6. The monoisotopic (exact) mass is 645 g/mol. The van der Waals surface area contributed by atoms with Crippen molar-refractivity contribution in [3.8, 4) is 0 Å². The molecule has 0 radical (unpaired) electrons. The summed E-state index contributed by atoms with van der Waals surface area (Å²) in [4.78, 5) is 41.4. The third-order valence-corrected chi connectivity index (χ3v) is 15.8. The highest BCUT2D eigenvalue weighted by Gasteiger charge is 2.70. The van der Waals surface area contributed by atoms with Gasteiger partial charge in [0.2, 0.25) is 5.91 Å². The van der Waals surface area contributed by atoms with Crippen molar-refractivity contribution in [3.05, 3.63) is 29.1 Å². The number of esters is 1. The summed E-state index contributed by atoms with van der Waals surface area (Å²) in [6.45, 7) is 18.5. The van der Waals surface area contributed by atoms with Gasteiger partial charge in [-0.05, 0) is 142 Å². The maximum Gasteiger partial charge on any atom is 0.311 e. The third-order valence-electron chi connectivity index (χ3n) is 15.8. The number of methoxy groups -OCH3 is 1. The van der Waals surface area contributed by atoms with Gasteiger partial charge in [-0.3, -0.25) is 14.4 Å². The summed E-state index contributed by atoms with van der Waals surface area (Å²) in [6, 6.07) is 0. The zero-order chi connectivity index (χ0) is 33.8. The Hall–Kier alpha value is -2.28. The largest absolute Gasteiger partial charge is 0.469 e. The molecule has 0 amide bonds. The van der Waals surface area contributed by atoms with Gasteiger partial charge in [-0.25, -0.2) is 4.68 Å². The topological polar surface area (TPSA) is 90.3 Å². The molecule has 7 heteroatoms. The van der Waals surface area contributed by atoms with Crippen LogP contribution in [0, 0.1) is 50.7 Å². The molecule has 1 N–H and O–H groups in total.